The molecule has 2 heteroatoms. The number of hydrogen-bond donors (Lipinski definition) is 0. The Hall–Kier alpha value is -0.790. The highest BCUT2D eigenvalue weighted by Gasteiger charge is 2.25. The predicted molar refractivity (Wildman–Crippen MR) is 47.7 cm³/mol. The Labute approximate surface area is 73.6 Å². The average molecular weight is 168 g/mol. The average Bonchev–Trinajstić information content (AvgIpc) is 2.47. The molecule has 0 unspecified atom stereocenters. The second kappa shape index (κ2) is 4.29. The lowest BCUT2D eigenvalue weighted by Crippen LogP contribution is -2.14. The molecule has 0 bridgehead atoms. The van der Waals surface area contributed by atoms with E-state index in [2.05, 4.69) is 6.58 Å². The van der Waals surface area contributed by atoms with Gasteiger partial charge < -0.3 is 4.74 Å². The smallest absolute Gasteiger partial charge is 0.302 e. The Morgan fingerprint density at radius 1 is 1.67 bits per heavy atom. The topological polar surface area (TPSA) is 26.3 Å². The van der Waals surface area contributed by atoms with Gasteiger partial charge in [0, 0.05) is 6.92 Å². The van der Waals surface area contributed by atoms with Gasteiger partial charge in [-0.2, -0.15) is 0 Å². The summed E-state index contributed by atoms with van der Waals surface area (Å²) in [5.41, 5.74) is 0. The number of carbonyl (C=O) groups excluding carboxylic acids is 1. The minimum atomic E-state index is -0.176. The molecule has 0 aromatic carbocycles. The van der Waals surface area contributed by atoms with Gasteiger partial charge in [-0.25, -0.2) is 0 Å². The Kier molecular flexibility index (Phi) is 3.32. The Bertz CT molecular complexity index is 175. The zero-order valence-corrected chi connectivity index (χ0v) is 7.58. The van der Waals surface area contributed by atoms with Crippen molar-refractivity contribution in [1.29, 1.82) is 0 Å². The monoisotopic (exact) mass is 168 g/mol. The first-order chi connectivity index (χ1) is 5.74. The molecule has 0 radical (unpaired) electrons. The van der Waals surface area contributed by atoms with Crippen LogP contribution in [0.5, 0.6) is 0 Å². The van der Waals surface area contributed by atoms with E-state index in [1.807, 2.05) is 6.08 Å². The fraction of sp³-hybridized carbons (Fsp3) is 0.700. The van der Waals surface area contributed by atoms with E-state index in [1.54, 1.807) is 0 Å². The van der Waals surface area contributed by atoms with E-state index in [1.165, 1.54) is 26.2 Å². The molecule has 0 aliphatic heterocycles. The molecule has 0 amide bonds. The van der Waals surface area contributed by atoms with Crippen LogP contribution in [0.15, 0.2) is 12.7 Å². The van der Waals surface area contributed by atoms with Crippen LogP contribution in [-0.4, -0.2) is 12.6 Å². The third kappa shape index (κ3) is 2.36. The molecule has 0 saturated heterocycles. The van der Waals surface area contributed by atoms with Crippen molar-refractivity contribution in [2.45, 2.75) is 26.2 Å². The predicted octanol–water partition coefficient (Wildman–Crippen LogP) is 2.15. The maximum Gasteiger partial charge on any atom is 0.302 e. The highest BCUT2D eigenvalue weighted by molar-refractivity contribution is 5.65. The van der Waals surface area contributed by atoms with Crippen molar-refractivity contribution in [3.8, 4) is 0 Å². The van der Waals surface area contributed by atoms with Crippen LogP contribution in [0.1, 0.15) is 26.2 Å². The number of esters is 1. The van der Waals surface area contributed by atoms with Crippen molar-refractivity contribution < 1.29 is 9.53 Å². The van der Waals surface area contributed by atoms with Crippen molar-refractivity contribution in [2.75, 3.05) is 6.61 Å². The van der Waals surface area contributed by atoms with Gasteiger partial charge in [0.2, 0.25) is 0 Å². The van der Waals surface area contributed by atoms with Gasteiger partial charge in [-0.3, -0.25) is 4.79 Å². The summed E-state index contributed by atoms with van der Waals surface area (Å²) in [6.07, 6.45) is 5.60. The molecule has 1 aliphatic carbocycles. The van der Waals surface area contributed by atoms with Crippen LogP contribution >= 0.6 is 0 Å². The molecular weight excluding hydrogens is 152 g/mol. The van der Waals surface area contributed by atoms with Crippen LogP contribution in [0.3, 0.4) is 0 Å². The summed E-state index contributed by atoms with van der Waals surface area (Å²) in [5.74, 6) is 0.903. The first-order valence-corrected chi connectivity index (χ1v) is 4.50. The summed E-state index contributed by atoms with van der Waals surface area (Å²) >= 11 is 0. The van der Waals surface area contributed by atoms with Crippen LogP contribution in [0.2, 0.25) is 0 Å². The molecule has 0 heterocycles. The molecule has 1 aliphatic rings. The van der Waals surface area contributed by atoms with Crippen LogP contribution in [0.25, 0.3) is 0 Å². The molecule has 68 valence electrons. The Balaban J connectivity index is 2.30. The fourth-order valence-corrected chi connectivity index (χ4v) is 1.81. The highest BCUT2D eigenvalue weighted by Crippen LogP contribution is 2.32. The lowest BCUT2D eigenvalue weighted by molar-refractivity contribution is -0.142. The summed E-state index contributed by atoms with van der Waals surface area (Å²) in [6.45, 7) is 5.81. The van der Waals surface area contributed by atoms with Crippen LogP contribution < -0.4 is 0 Å². The summed E-state index contributed by atoms with van der Waals surface area (Å²) in [4.78, 5) is 10.5. The molecule has 1 fully saturated rings. The molecule has 0 N–H and O–H groups in total. The number of ether oxygens (including phenoxy) is 1. The maximum atomic E-state index is 10.5. The van der Waals surface area contributed by atoms with Crippen molar-refractivity contribution >= 4 is 5.97 Å². The van der Waals surface area contributed by atoms with E-state index in [0.717, 1.165) is 0 Å². The van der Waals surface area contributed by atoms with Gasteiger partial charge in [-0.05, 0) is 24.7 Å². The van der Waals surface area contributed by atoms with Gasteiger partial charge in [-0.1, -0.05) is 12.5 Å². The molecule has 2 nitrogen and oxygen atoms in total. The normalized spacial score (nSPS) is 28.4. The molecule has 1 rings (SSSR count). The largest absolute Gasteiger partial charge is 0.466 e. The molecule has 1 saturated carbocycles. The summed E-state index contributed by atoms with van der Waals surface area (Å²) in [6, 6.07) is 0. The standard InChI is InChI=1S/C10H16O2/c1-3-9-5-4-6-10(9)7-12-8(2)11/h3,9-10H,1,4-7H2,2H3/t9-,10+/m1/s1. The van der Waals surface area contributed by atoms with Crippen molar-refractivity contribution in [3.63, 3.8) is 0 Å². The number of carbonyl (C=O) groups is 1. The number of rotatable bonds is 3. The van der Waals surface area contributed by atoms with E-state index in [0.29, 0.717) is 18.4 Å². The number of allylic oxidation sites excluding steroid dienone is 1. The first kappa shape index (κ1) is 9.30. The Morgan fingerprint density at radius 3 is 3.00 bits per heavy atom. The second-order valence-electron chi connectivity index (χ2n) is 3.39. The first-order valence-electron chi connectivity index (χ1n) is 4.50. The molecular formula is C10H16O2. The summed E-state index contributed by atoms with van der Waals surface area (Å²) < 4.78 is 4.97. The molecule has 0 spiro atoms. The van der Waals surface area contributed by atoms with Crippen molar-refractivity contribution in [1.82, 2.24) is 0 Å². The maximum absolute atomic E-state index is 10.5. The zero-order chi connectivity index (χ0) is 8.97. The van der Waals surface area contributed by atoms with E-state index in [4.69, 9.17) is 4.74 Å². The molecule has 0 aromatic heterocycles. The van der Waals surface area contributed by atoms with Crippen LogP contribution in [-0.2, 0) is 9.53 Å². The van der Waals surface area contributed by atoms with Crippen molar-refractivity contribution in [3.05, 3.63) is 12.7 Å². The minimum Gasteiger partial charge on any atom is -0.466 e. The lowest BCUT2D eigenvalue weighted by Gasteiger charge is -2.14. The van der Waals surface area contributed by atoms with Crippen LogP contribution in [0.4, 0.5) is 0 Å². The number of hydrogen-bond acceptors (Lipinski definition) is 2. The van der Waals surface area contributed by atoms with Gasteiger partial charge >= 0.3 is 5.97 Å². The third-order valence-corrected chi connectivity index (χ3v) is 2.52. The van der Waals surface area contributed by atoms with E-state index in [9.17, 15) is 4.79 Å². The van der Waals surface area contributed by atoms with Crippen LogP contribution in [0, 0.1) is 11.8 Å². The molecule has 12 heavy (non-hydrogen) atoms. The summed E-state index contributed by atoms with van der Waals surface area (Å²) in [7, 11) is 0. The van der Waals surface area contributed by atoms with E-state index in [-0.39, 0.29) is 5.97 Å². The van der Waals surface area contributed by atoms with Crippen molar-refractivity contribution in [2.24, 2.45) is 11.8 Å². The van der Waals surface area contributed by atoms with E-state index >= 15 is 0 Å². The quantitative estimate of drug-likeness (QED) is 0.477. The molecule has 2 atom stereocenters. The Morgan fingerprint density at radius 2 is 2.42 bits per heavy atom. The van der Waals surface area contributed by atoms with E-state index < -0.39 is 0 Å². The van der Waals surface area contributed by atoms with Gasteiger partial charge in [0.15, 0.2) is 0 Å². The lowest BCUT2D eigenvalue weighted by atomic mass is 9.97. The highest BCUT2D eigenvalue weighted by atomic mass is 16.5. The van der Waals surface area contributed by atoms with Gasteiger partial charge in [0.1, 0.15) is 0 Å². The van der Waals surface area contributed by atoms with Gasteiger partial charge in [0.05, 0.1) is 6.61 Å². The molecule has 0 aromatic rings. The fourth-order valence-electron chi connectivity index (χ4n) is 1.81. The second-order valence-corrected chi connectivity index (χ2v) is 3.39. The SMILES string of the molecule is C=C[C@@H]1CCC[C@H]1COC(C)=O. The summed E-state index contributed by atoms with van der Waals surface area (Å²) in [5, 5.41) is 0. The zero-order valence-electron chi connectivity index (χ0n) is 7.58. The minimum absolute atomic E-state index is 0.176. The van der Waals surface area contributed by atoms with Gasteiger partial charge in [-0.15, -0.1) is 6.58 Å². The van der Waals surface area contributed by atoms with Gasteiger partial charge in [0.25, 0.3) is 0 Å². The third-order valence-electron chi connectivity index (χ3n) is 2.52.